The SMILES string of the molecule is CC(=O)N1CCC(NC(C)CC(F)(F)F)CC1. The van der Waals surface area contributed by atoms with Gasteiger partial charge in [0.25, 0.3) is 0 Å². The summed E-state index contributed by atoms with van der Waals surface area (Å²) in [5.74, 6) is 0.0341. The van der Waals surface area contributed by atoms with Crippen molar-refractivity contribution >= 4 is 5.91 Å². The van der Waals surface area contributed by atoms with Gasteiger partial charge in [0.05, 0.1) is 6.42 Å². The van der Waals surface area contributed by atoms with Crippen LogP contribution in [0.5, 0.6) is 0 Å². The second-order valence-electron chi connectivity index (χ2n) is 4.67. The summed E-state index contributed by atoms with van der Waals surface area (Å²) >= 11 is 0. The molecule has 3 nitrogen and oxygen atoms in total. The Labute approximate surface area is 99.4 Å². The van der Waals surface area contributed by atoms with E-state index in [2.05, 4.69) is 5.32 Å². The van der Waals surface area contributed by atoms with E-state index in [-0.39, 0.29) is 11.9 Å². The smallest absolute Gasteiger partial charge is 0.343 e. The summed E-state index contributed by atoms with van der Waals surface area (Å²) in [6, 6.07) is -0.480. The zero-order chi connectivity index (χ0) is 13.1. The first kappa shape index (κ1) is 14.3. The Bertz CT molecular complexity index is 260. The second-order valence-corrected chi connectivity index (χ2v) is 4.67. The molecule has 1 rings (SSSR count). The van der Waals surface area contributed by atoms with Crippen LogP contribution in [0.15, 0.2) is 0 Å². The van der Waals surface area contributed by atoms with Gasteiger partial charge in [-0.25, -0.2) is 0 Å². The minimum absolute atomic E-state index is 0.0341. The predicted octanol–water partition coefficient (Wildman–Crippen LogP) is 1.93. The molecule has 0 aromatic carbocycles. The normalized spacial score (nSPS) is 20.4. The fourth-order valence-electron chi connectivity index (χ4n) is 2.17. The first-order valence-electron chi connectivity index (χ1n) is 5.86. The van der Waals surface area contributed by atoms with Crippen molar-refractivity contribution in [3.05, 3.63) is 0 Å². The molecule has 6 heteroatoms. The number of hydrogen-bond acceptors (Lipinski definition) is 2. The van der Waals surface area contributed by atoms with Crippen molar-refractivity contribution in [2.45, 2.75) is 51.4 Å². The van der Waals surface area contributed by atoms with Gasteiger partial charge in [-0.05, 0) is 19.8 Å². The van der Waals surface area contributed by atoms with Crippen molar-refractivity contribution in [3.63, 3.8) is 0 Å². The van der Waals surface area contributed by atoms with E-state index in [1.165, 1.54) is 6.92 Å². The molecule has 1 unspecified atom stereocenters. The van der Waals surface area contributed by atoms with E-state index in [1.54, 1.807) is 11.8 Å². The van der Waals surface area contributed by atoms with E-state index in [0.29, 0.717) is 13.1 Å². The zero-order valence-electron chi connectivity index (χ0n) is 10.2. The molecule has 0 aromatic rings. The van der Waals surface area contributed by atoms with Crippen LogP contribution in [0.1, 0.15) is 33.1 Å². The third-order valence-electron chi connectivity index (χ3n) is 3.00. The largest absolute Gasteiger partial charge is 0.390 e. The van der Waals surface area contributed by atoms with Crippen molar-refractivity contribution in [3.8, 4) is 0 Å². The topological polar surface area (TPSA) is 32.3 Å². The van der Waals surface area contributed by atoms with Gasteiger partial charge >= 0.3 is 6.18 Å². The summed E-state index contributed by atoms with van der Waals surface area (Å²) in [7, 11) is 0. The quantitative estimate of drug-likeness (QED) is 0.832. The molecule has 1 N–H and O–H groups in total. The van der Waals surface area contributed by atoms with Gasteiger partial charge in [-0.2, -0.15) is 13.2 Å². The molecule has 1 amide bonds. The molecule has 1 fully saturated rings. The van der Waals surface area contributed by atoms with Crippen LogP contribution in [0.25, 0.3) is 0 Å². The van der Waals surface area contributed by atoms with Gasteiger partial charge in [0.15, 0.2) is 0 Å². The monoisotopic (exact) mass is 252 g/mol. The number of rotatable bonds is 3. The van der Waals surface area contributed by atoms with Crippen molar-refractivity contribution in [2.75, 3.05) is 13.1 Å². The van der Waals surface area contributed by atoms with Crippen LogP contribution in [0.2, 0.25) is 0 Å². The maximum atomic E-state index is 12.1. The third-order valence-corrected chi connectivity index (χ3v) is 3.00. The lowest BCUT2D eigenvalue weighted by atomic mass is 10.0. The molecule has 1 saturated heterocycles. The van der Waals surface area contributed by atoms with Gasteiger partial charge in [-0.1, -0.05) is 0 Å². The van der Waals surface area contributed by atoms with Gasteiger partial charge in [0.1, 0.15) is 0 Å². The summed E-state index contributed by atoms with van der Waals surface area (Å²) < 4.78 is 36.4. The second kappa shape index (κ2) is 5.71. The molecule has 1 atom stereocenters. The molecule has 1 heterocycles. The van der Waals surface area contributed by atoms with Gasteiger partial charge < -0.3 is 10.2 Å². The number of hydrogen-bond donors (Lipinski definition) is 1. The van der Waals surface area contributed by atoms with Crippen LogP contribution in [0.3, 0.4) is 0 Å². The molecule has 17 heavy (non-hydrogen) atoms. The Balaban J connectivity index is 2.28. The number of nitrogens with zero attached hydrogens (tertiary/aromatic N) is 1. The van der Waals surface area contributed by atoms with Crippen molar-refractivity contribution in [1.82, 2.24) is 10.2 Å². The van der Waals surface area contributed by atoms with E-state index in [9.17, 15) is 18.0 Å². The van der Waals surface area contributed by atoms with Crippen molar-refractivity contribution in [1.29, 1.82) is 0 Å². The summed E-state index contributed by atoms with van der Waals surface area (Å²) in [6.45, 7) is 4.32. The van der Waals surface area contributed by atoms with Crippen LogP contribution in [0.4, 0.5) is 13.2 Å². The van der Waals surface area contributed by atoms with Crippen LogP contribution >= 0.6 is 0 Å². The summed E-state index contributed by atoms with van der Waals surface area (Å²) in [5, 5.41) is 2.98. The highest BCUT2D eigenvalue weighted by Gasteiger charge is 2.31. The Morgan fingerprint density at radius 2 is 1.94 bits per heavy atom. The number of amides is 1. The van der Waals surface area contributed by atoms with E-state index in [1.807, 2.05) is 0 Å². The van der Waals surface area contributed by atoms with Gasteiger partial charge in [-0.15, -0.1) is 0 Å². The minimum Gasteiger partial charge on any atom is -0.343 e. The van der Waals surface area contributed by atoms with Crippen LogP contribution in [-0.4, -0.2) is 42.2 Å². The van der Waals surface area contributed by atoms with E-state index in [4.69, 9.17) is 0 Å². The van der Waals surface area contributed by atoms with Crippen LogP contribution in [-0.2, 0) is 4.79 Å². The first-order chi connectivity index (χ1) is 7.78. The Morgan fingerprint density at radius 3 is 2.35 bits per heavy atom. The zero-order valence-corrected chi connectivity index (χ0v) is 10.2. The molecule has 0 saturated carbocycles. The lowest BCUT2D eigenvalue weighted by molar-refractivity contribution is -0.139. The highest BCUT2D eigenvalue weighted by molar-refractivity contribution is 5.73. The Morgan fingerprint density at radius 1 is 1.41 bits per heavy atom. The maximum absolute atomic E-state index is 12.1. The van der Waals surface area contributed by atoms with E-state index in [0.717, 1.165) is 12.8 Å². The Hall–Kier alpha value is -0.780. The van der Waals surface area contributed by atoms with Crippen LogP contribution < -0.4 is 5.32 Å². The number of carbonyl (C=O) groups excluding carboxylic acids is 1. The number of halogens is 3. The number of nitrogens with one attached hydrogen (secondary N) is 1. The van der Waals surface area contributed by atoms with Crippen molar-refractivity contribution < 1.29 is 18.0 Å². The fourth-order valence-corrected chi connectivity index (χ4v) is 2.17. The molecule has 1 aliphatic heterocycles. The summed E-state index contributed by atoms with van der Waals surface area (Å²) in [4.78, 5) is 12.8. The standard InChI is InChI=1S/C11H19F3N2O/c1-8(7-11(12,13)14)15-10-3-5-16(6-4-10)9(2)17/h8,10,15H,3-7H2,1-2H3. The predicted molar refractivity (Wildman–Crippen MR) is 58.5 cm³/mol. The fraction of sp³-hybridized carbons (Fsp3) is 0.909. The minimum atomic E-state index is -4.12. The molecule has 1 aliphatic rings. The van der Waals surface area contributed by atoms with E-state index < -0.39 is 18.6 Å². The molecule has 100 valence electrons. The third kappa shape index (κ3) is 5.39. The van der Waals surface area contributed by atoms with E-state index >= 15 is 0 Å². The molecule has 0 aliphatic carbocycles. The van der Waals surface area contributed by atoms with Gasteiger partial charge in [0, 0.05) is 32.1 Å². The number of alkyl halides is 3. The Kier molecular flexibility index (Phi) is 4.80. The molecular weight excluding hydrogens is 233 g/mol. The van der Waals surface area contributed by atoms with Crippen LogP contribution in [0, 0.1) is 0 Å². The average molecular weight is 252 g/mol. The molecule has 0 bridgehead atoms. The molecular formula is C11H19F3N2O. The summed E-state index contributed by atoms with van der Waals surface area (Å²) in [6.07, 6.45) is -3.48. The average Bonchev–Trinajstić information content (AvgIpc) is 2.15. The van der Waals surface area contributed by atoms with Gasteiger partial charge in [0.2, 0.25) is 5.91 Å². The highest BCUT2D eigenvalue weighted by Crippen LogP contribution is 2.22. The van der Waals surface area contributed by atoms with Gasteiger partial charge in [-0.3, -0.25) is 4.79 Å². The number of piperidine rings is 1. The lowest BCUT2D eigenvalue weighted by Gasteiger charge is -2.33. The first-order valence-corrected chi connectivity index (χ1v) is 5.86. The molecule has 0 aromatic heterocycles. The van der Waals surface area contributed by atoms with Crippen molar-refractivity contribution in [2.24, 2.45) is 0 Å². The number of likely N-dealkylation sites (tertiary alicyclic amines) is 1. The highest BCUT2D eigenvalue weighted by atomic mass is 19.4. The maximum Gasteiger partial charge on any atom is 0.390 e. The molecule has 0 radical (unpaired) electrons. The summed E-state index contributed by atoms with van der Waals surface area (Å²) in [5.41, 5.74) is 0. The molecule has 0 spiro atoms. The lowest BCUT2D eigenvalue weighted by Crippen LogP contribution is -2.47. The number of carbonyl (C=O) groups is 1.